The largest absolute Gasteiger partial charge is 0.489 e. The molecule has 0 aliphatic heterocycles. The summed E-state index contributed by atoms with van der Waals surface area (Å²) in [4.78, 5) is 12.5. The van der Waals surface area contributed by atoms with Gasteiger partial charge in [-0.1, -0.05) is 33.2 Å². The predicted octanol–water partition coefficient (Wildman–Crippen LogP) is 5.19. The number of carbonyl (C=O) groups is 1. The minimum Gasteiger partial charge on any atom is -0.489 e. The third-order valence-corrected chi connectivity index (χ3v) is 4.94. The van der Waals surface area contributed by atoms with E-state index in [4.69, 9.17) is 9.26 Å². The van der Waals surface area contributed by atoms with Gasteiger partial charge in [-0.15, -0.1) is 0 Å². The first-order valence-electron chi connectivity index (χ1n) is 8.16. The molecular formula is C20H19BrN2O3. The Balaban J connectivity index is 1.70. The lowest BCUT2D eigenvalue weighted by Gasteiger charge is -2.09. The third-order valence-electron chi connectivity index (χ3n) is 4.09. The number of rotatable bonds is 5. The molecule has 1 aromatic heterocycles. The summed E-state index contributed by atoms with van der Waals surface area (Å²) in [6.07, 6.45) is 0. The van der Waals surface area contributed by atoms with Crippen LogP contribution in [0.5, 0.6) is 5.75 Å². The molecule has 3 aromatic rings. The Morgan fingerprint density at radius 3 is 2.69 bits per heavy atom. The van der Waals surface area contributed by atoms with Gasteiger partial charge in [0.2, 0.25) is 0 Å². The number of hydrogen-bond acceptors (Lipinski definition) is 4. The van der Waals surface area contributed by atoms with E-state index < -0.39 is 0 Å². The molecule has 26 heavy (non-hydrogen) atoms. The lowest BCUT2D eigenvalue weighted by Crippen LogP contribution is -2.12. The van der Waals surface area contributed by atoms with E-state index in [9.17, 15) is 4.79 Å². The molecule has 134 valence electrons. The van der Waals surface area contributed by atoms with Crippen molar-refractivity contribution in [3.8, 4) is 5.75 Å². The average Bonchev–Trinajstić information content (AvgIpc) is 2.94. The predicted molar refractivity (Wildman–Crippen MR) is 104 cm³/mol. The second-order valence-electron chi connectivity index (χ2n) is 6.04. The van der Waals surface area contributed by atoms with Gasteiger partial charge in [0.15, 0.2) is 0 Å². The number of nitrogens with zero attached hydrogens (tertiary/aromatic N) is 1. The average molecular weight is 415 g/mol. The van der Waals surface area contributed by atoms with Crippen LogP contribution >= 0.6 is 15.9 Å². The van der Waals surface area contributed by atoms with Crippen LogP contribution in [-0.4, -0.2) is 11.1 Å². The van der Waals surface area contributed by atoms with Gasteiger partial charge in [-0.3, -0.25) is 4.79 Å². The first kappa shape index (κ1) is 18.2. The fraction of sp³-hybridized carbons (Fsp3) is 0.200. The number of nitrogens with one attached hydrogen (secondary N) is 1. The first-order valence-corrected chi connectivity index (χ1v) is 8.95. The molecule has 0 fully saturated rings. The van der Waals surface area contributed by atoms with Crippen molar-refractivity contribution < 1.29 is 14.1 Å². The van der Waals surface area contributed by atoms with Crippen LogP contribution < -0.4 is 10.1 Å². The van der Waals surface area contributed by atoms with Crippen molar-refractivity contribution in [2.24, 2.45) is 0 Å². The Kier molecular flexibility index (Phi) is 5.42. The molecule has 1 heterocycles. The van der Waals surface area contributed by atoms with Crippen LogP contribution in [0.25, 0.3) is 0 Å². The highest BCUT2D eigenvalue weighted by Crippen LogP contribution is 2.22. The summed E-state index contributed by atoms with van der Waals surface area (Å²) < 4.78 is 11.9. The molecule has 0 unspecified atom stereocenters. The number of anilines is 1. The Labute approximate surface area is 160 Å². The van der Waals surface area contributed by atoms with Gasteiger partial charge < -0.3 is 14.6 Å². The first-order chi connectivity index (χ1) is 12.4. The van der Waals surface area contributed by atoms with Gasteiger partial charge in [-0.05, 0) is 56.7 Å². The number of amides is 1. The van der Waals surface area contributed by atoms with Crippen molar-refractivity contribution in [2.75, 3.05) is 5.32 Å². The van der Waals surface area contributed by atoms with Gasteiger partial charge in [0.1, 0.15) is 18.1 Å². The van der Waals surface area contributed by atoms with E-state index in [1.165, 1.54) is 0 Å². The number of carbonyl (C=O) groups excluding carboxylic acids is 1. The van der Waals surface area contributed by atoms with E-state index in [1.807, 2.05) is 45.0 Å². The Hall–Kier alpha value is -2.60. The maximum atomic E-state index is 12.5. The summed E-state index contributed by atoms with van der Waals surface area (Å²) in [5.74, 6) is 1.16. The van der Waals surface area contributed by atoms with Crippen LogP contribution in [-0.2, 0) is 6.61 Å². The minimum atomic E-state index is -0.191. The number of benzene rings is 2. The molecule has 0 radical (unpaired) electrons. The zero-order valence-electron chi connectivity index (χ0n) is 14.8. The molecular weight excluding hydrogens is 396 g/mol. The minimum absolute atomic E-state index is 0.191. The van der Waals surface area contributed by atoms with Crippen LogP contribution in [0, 0.1) is 20.8 Å². The van der Waals surface area contributed by atoms with E-state index in [1.54, 1.807) is 18.2 Å². The molecule has 0 saturated carbocycles. The lowest BCUT2D eigenvalue weighted by molar-refractivity contribution is 0.102. The SMILES string of the molecule is Cc1ccc(NC(=O)c2cccc(OCc3c(C)noc3C)c2)cc1Br. The summed E-state index contributed by atoms with van der Waals surface area (Å²) in [7, 11) is 0. The molecule has 1 N–H and O–H groups in total. The highest BCUT2D eigenvalue weighted by molar-refractivity contribution is 9.10. The van der Waals surface area contributed by atoms with Crippen molar-refractivity contribution in [2.45, 2.75) is 27.4 Å². The molecule has 5 nitrogen and oxygen atoms in total. The van der Waals surface area contributed by atoms with Gasteiger partial charge >= 0.3 is 0 Å². The maximum absolute atomic E-state index is 12.5. The topological polar surface area (TPSA) is 64.4 Å². The van der Waals surface area contributed by atoms with Crippen molar-refractivity contribution in [3.05, 3.63) is 75.1 Å². The van der Waals surface area contributed by atoms with E-state index in [2.05, 4.69) is 26.4 Å². The van der Waals surface area contributed by atoms with Crippen LogP contribution in [0.4, 0.5) is 5.69 Å². The summed E-state index contributed by atoms with van der Waals surface area (Å²) in [6, 6.07) is 12.8. The molecule has 1 amide bonds. The van der Waals surface area contributed by atoms with Crippen molar-refractivity contribution in [3.63, 3.8) is 0 Å². The number of hydrogen-bond donors (Lipinski definition) is 1. The van der Waals surface area contributed by atoms with Crippen LogP contribution in [0.3, 0.4) is 0 Å². The second kappa shape index (κ2) is 7.74. The highest BCUT2D eigenvalue weighted by atomic mass is 79.9. The van der Waals surface area contributed by atoms with Crippen molar-refractivity contribution in [1.29, 1.82) is 0 Å². The normalized spacial score (nSPS) is 10.6. The van der Waals surface area contributed by atoms with Crippen LogP contribution in [0.1, 0.15) is 32.9 Å². The molecule has 0 bridgehead atoms. The zero-order valence-corrected chi connectivity index (χ0v) is 16.4. The Morgan fingerprint density at radius 1 is 1.19 bits per heavy atom. The molecule has 2 aromatic carbocycles. The van der Waals surface area contributed by atoms with Crippen molar-refractivity contribution in [1.82, 2.24) is 5.16 Å². The Bertz CT molecular complexity index is 930. The fourth-order valence-electron chi connectivity index (χ4n) is 2.46. The van der Waals surface area contributed by atoms with Crippen molar-refractivity contribution >= 4 is 27.5 Å². The van der Waals surface area contributed by atoms with Crippen LogP contribution in [0.2, 0.25) is 0 Å². The summed E-state index contributed by atoms with van der Waals surface area (Å²) in [6.45, 7) is 6.06. The lowest BCUT2D eigenvalue weighted by atomic mass is 10.2. The molecule has 0 aliphatic rings. The van der Waals surface area contributed by atoms with Gasteiger partial charge in [-0.25, -0.2) is 0 Å². The maximum Gasteiger partial charge on any atom is 0.255 e. The fourth-order valence-corrected chi connectivity index (χ4v) is 2.84. The number of aromatic nitrogens is 1. The highest BCUT2D eigenvalue weighted by Gasteiger charge is 2.11. The van der Waals surface area contributed by atoms with Gasteiger partial charge in [-0.2, -0.15) is 0 Å². The standard InChI is InChI=1S/C20H19BrN2O3/c1-12-7-8-16(10-19(12)21)22-20(24)15-5-4-6-17(9-15)25-11-18-13(2)23-26-14(18)3/h4-10H,11H2,1-3H3,(H,22,24). The summed E-state index contributed by atoms with van der Waals surface area (Å²) in [5, 5.41) is 6.80. The van der Waals surface area contributed by atoms with Gasteiger partial charge in [0, 0.05) is 15.7 Å². The zero-order chi connectivity index (χ0) is 18.7. The van der Waals surface area contributed by atoms with E-state index in [0.717, 1.165) is 32.7 Å². The number of ether oxygens (including phenoxy) is 1. The van der Waals surface area contributed by atoms with Gasteiger partial charge in [0.05, 0.1) is 11.3 Å². The summed E-state index contributed by atoms with van der Waals surface area (Å²) in [5.41, 5.74) is 4.09. The molecule has 0 atom stereocenters. The monoisotopic (exact) mass is 414 g/mol. The smallest absolute Gasteiger partial charge is 0.255 e. The molecule has 0 aliphatic carbocycles. The molecule has 6 heteroatoms. The Morgan fingerprint density at radius 2 is 2.00 bits per heavy atom. The number of aryl methyl sites for hydroxylation is 3. The van der Waals surface area contributed by atoms with E-state index in [0.29, 0.717) is 17.9 Å². The third kappa shape index (κ3) is 4.14. The van der Waals surface area contributed by atoms with Gasteiger partial charge in [0.25, 0.3) is 5.91 Å². The molecule has 0 saturated heterocycles. The van der Waals surface area contributed by atoms with Crippen LogP contribution in [0.15, 0.2) is 51.5 Å². The molecule has 3 rings (SSSR count). The van der Waals surface area contributed by atoms with E-state index in [-0.39, 0.29) is 5.91 Å². The summed E-state index contributed by atoms with van der Waals surface area (Å²) >= 11 is 3.47. The number of halogens is 1. The van der Waals surface area contributed by atoms with E-state index >= 15 is 0 Å². The molecule has 0 spiro atoms. The second-order valence-corrected chi connectivity index (χ2v) is 6.89. The quantitative estimate of drug-likeness (QED) is 0.623.